The molecule has 2 aromatic carbocycles. The van der Waals surface area contributed by atoms with Gasteiger partial charge in [0.1, 0.15) is 0 Å². The molecule has 170 valence electrons. The monoisotopic (exact) mass is 442 g/mol. The second kappa shape index (κ2) is 9.46. The molecular formula is C25H30N8. The number of rotatable bonds is 8. The van der Waals surface area contributed by atoms with E-state index in [-0.39, 0.29) is 0 Å². The van der Waals surface area contributed by atoms with Crippen molar-refractivity contribution in [3.63, 3.8) is 0 Å². The van der Waals surface area contributed by atoms with Crippen molar-refractivity contribution in [2.75, 3.05) is 29.5 Å². The normalized spacial score (nSPS) is 14.1. The summed E-state index contributed by atoms with van der Waals surface area (Å²) in [7, 11) is 0. The van der Waals surface area contributed by atoms with Crippen molar-refractivity contribution >= 4 is 28.6 Å². The van der Waals surface area contributed by atoms with E-state index in [1.165, 1.54) is 25.7 Å². The molecule has 1 saturated carbocycles. The molecule has 1 fully saturated rings. The van der Waals surface area contributed by atoms with Gasteiger partial charge in [0.15, 0.2) is 17.0 Å². The Bertz CT molecular complexity index is 1230. The Morgan fingerprint density at radius 3 is 2.52 bits per heavy atom. The lowest BCUT2D eigenvalue weighted by Crippen LogP contribution is -2.16. The molecule has 0 spiro atoms. The van der Waals surface area contributed by atoms with Crippen LogP contribution in [-0.4, -0.2) is 32.6 Å². The number of benzene rings is 2. The van der Waals surface area contributed by atoms with Gasteiger partial charge in [-0.2, -0.15) is 9.97 Å². The first-order valence-corrected chi connectivity index (χ1v) is 11.6. The van der Waals surface area contributed by atoms with Gasteiger partial charge in [0, 0.05) is 36.9 Å². The highest BCUT2D eigenvalue weighted by atomic mass is 15.2. The fraction of sp³-hybridized carbons (Fsp3) is 0.320. The summed E-state index contributed by atoms with van der Waals surface area (Å²) in [4.78, 5) is 14.1. The zero-order valence-electron chi connectivity index (χ0n) is 18.7. The highest BCUT2D eigenvalue weighted by Crippen LogP contribution is 2.33. The van der Waals surface area contributed by atoms with Crippen LogP contribution < -0.4 is 22.1 Å². The largest absolute Gasteiger partial charge is 0.398 e. The van der Waals surface area contributed by atoms with E-state index in [2.05, 4.69) is 49.4 Å². The quantitative estimate of drug-likeness (QED) is 0.302. The zero-order valence-corrected chi connectivity index (χ0v) is 18.7. The van der Waals surface area contributed by atoms with Crippen molar-refractivity contribution in [1.82, 2.24) is 19.5 Å². The molecule has 1 aliphatic rings. The van der Waals surface area contributed by atoms with Gasteiger partial charge in [0.05, 0.1) is 6.33 Å². The summed E-state index contributed by atoms with van der Waals surface area (Å²) in [6.07, 6.45) is 6.75. The molecule has 0 bridgehead atoms. The lowest BCUT2D eigenvalue weighted by atomic mass is 10.0. The molecule has 2 heterocycles. The van der Waals surface area contributed by atoms with Gasteiger partial charge in [0.2, 0.25) is 5.95 Å². The first kappa shape index (κ1) is 21.2. The van der Waals surface area contributed by atoms with E-state index >= 15 is 0 Å². The van der Waals surface area contributed by atoms with Gasteiger partial charge in [-0.05, 0) is 30.0 Å². The molecular weight excluding hydrogens is 412 g/mol. The Labute approximate surface area is 193 Å². The summed E-state index contributed by atoms with van der Waals surface area (Å²) in [5.41, 5.74) is 17.5. The summed E-state index contributed by atoms with van der Waals surface area (Å²) in [5, 5.41) is 6.70. The van der Waals surface area contributed by atoms with E-state index in [0.717, 1.165) is 39.4 Å². The molecule has 8 nitrogen and oxygen atoms in total. The molecule has 4 aromatic rings. The maximum Gasteiger partial charge on any atom is 0.226 e. The van der Waals surface area contributed by atoms with Crippen molar-refractivity contribution in [3.8, 4) is 11.1 Å². The number of nitrogen functional groups attached to an aromatic ring is 1. The lowest BCUT2D eigenvalue weighted by Gasteiger charge is -2.14. The molecule has 0 unspecified atom stereocenters. The Balaban J connectivity index is 1.39. The van der Waals surface area contributed by atoms with Crippen LogP contribution in [0.5, 0.6) is 0 Å². The van der Waals surface area contributed by atoms with Crippen LogP contribution in [0.25, 0.3) is 22.3 Å². The maximum absolute atomic E-state index is 6.12. The molecule has 0 amide bonds. The second-order valence-electron chi connectivity index (χ2n) is 8.51. The van der Waals surface area contributed by atoms with Crippen molar-refractivity contribution in [2.45, 2.75) is 38.3 Å². The van der Waals surface area contributed by atoms with Crippen molar-refractivity contribution < 1.29 is 0 Å². The molecule has 0 atom stereocenters. The molecule has 5 rings (SSSR count). The lowest BCUT2D eigenvalue weighted by molar-refractivity contribution is 0.529. The molecule has 6 N–H and O–H groups in total. The van der Waals surface area contributed by atoms with E-state index in [4.69, 9.17) is 16.5 Å². The van der Waals surface area contributed by atoms with Crippen molar-refractivity contribution in [1.29, 1.82) is 0 Å². The van der Waals surface area contributed by atoms with E-state index in [1.807, 2.05) is 30.6 Å². The third-order valence-electron chi connectivity index (χ3n) is 6.25. The molecule has 33 heavy (non-hydrogen) atoms. The first-order chi connectivity index (χ1) is 16.2. The molecule has 0 radical (unpaired) electrons. The van der Waals surface area contributed by atoms with Crippen LogP contribution in [0.2, 0.25) is 0 Å². The van der Waals surface area contributed by atoms with E-state index < -0.39 is 0 Å². The Kier molecular flexibility index (Phi) is 6.08. The van der Waals surface area contributed by atoms with E-state index in [1.54, 1.807) is 0 Å². The number of nitrogens with zero attached hydrogens (tertiary/aromatic N) is 4. The molecule has 2 aromatic heterocycles. The number of anilines is 3. The van der Waals surface area contributed by atoms with Gasteiger partial charge >= 0.3 is 0 Å². The van der Waals surface area contributed by atoms with Crippen LogP contribution in [0.1, 0.15) is 37.3 Å². The number of para-hydroxylation sites is 1. The van der Waals surface area contributed by atoms with Crippen LogP contribution >= 0.6 is 0 Å². The molecule has 8 heteroatoms. The number of nitrogens with two attached hydrogens (primary N) is 2. The number of imidazole rings is 1. The van der Waals surface area contributed by atoms with Crippen molar-refractivity contribution in [2.24, 2.45) is 5.73 Å². The average Bonchev–Trinajstić information content (AvgIpc) is 3.52. The molecule has 1 aliphatic carbocycles. The fourth-order valence-electron chi connectivity index (χ4n) is 4.50. The van der Waals surface area contributed by atoms with Gasteiger partial charge in [0.25, 0.3) is 0 Å². The third kappa shape index (κ3) is 4.47. The first-order valence-electron chi connectivity index (χ1n) is 11.6. The zero-order chi connectivity index (χ0) is 22.6. The predicted molar refractivity (Wildman–Crippen MR) is 134 cm³/mol. The number of nitrogens with one attached hydrogen (secondary N) is 2. The number of fused-ring (bicyclic) bond motifs is 1. The van der Waals surface area contributed by atoms with Crippen LogP contribution in [-0.2, 0) is 6.54 Å². The summed E-state index contributed by atoms with van der Waals surface area (Å²) in [5.74, 6) is 1.30. The Hall–Kier alpha value is -3.65. The minimum absolute atomic E-state index is 0.457. The van der Waals surface area contributed by atoms with Crippen molar-refractivity contribution in [3.05, 3.63) is 60.4 Å². The minimum Gasteiger partial charge on any atom is -0.398 e. The summed E-state index contributed by atoms with van der Waals surface area (Å²) < 4.78 is 2.21. The maximum atomic E-state index is 6.12. The van der Waals surface area contributed by atoms with E-state index in [9.17, 15) is 0 Å². The fourth-order valence-corrected chi connectivity index (χ4v) is 4.50. The number of hydrogen-bond donors (Lipinski definition) is 4. The van der Waals surface area contributed by atoms with Gasteiger partial charge in [-0.15, -0.1) is 0 Å². The Morgan fingerprint density at radius 1 is 0.970 bits per heavy atom. The average molecular weight is 443 g/mol. The Morgan fingerprint density at radius 2 is 1.76 bits per heavy atom. The van der Waals surface area contributed by atoms with Gasteiger partial charge in [-0.25, -0.2) is 4.98 Å². The van der Waals surface area contributed by atoms with Gasteiger partial charge in [-0.3, -0.25) is 0 Å². The summed E-state index contributed by atoms with van der Waals surface area (Å²) in [6.45, 7) is 1.76. The van der Waals surface area contributed by atoms with Crippen LogP contribution in [0, 0.1) is 0 Å². The van der Waals surface area contributed by atoms with E-state index in [0.29, 0.717) is 31.6 Å². The topological polar surface area (TPSA) is 120 Å². The predicted octanol–water partition coefficient (Wildman–Crippen LogP) is 4.17. The highest BCUT2D eigenvalue weighted by Gasteiger charge is 2.21. The minimum atomic E-state index is 0.457. The van der Waals surface area contributed by atoms with Crippen LogP contribution in [0.3, 0.4) is 0 Å². The van der Waals surface area contributed by atoms with Gasteiger partial charge < -0.3 is 26.7 Å². The SMILES string of the molecule is NCCNc1nc(NCc2ccc(-c3ccccc3N)cc2)c2ncn(C3CCCC3)c2n1. The smallest absolute Gasteiger partial charge is 0.226 e. The van der Waals surface area contributed by atoms with Gasteiger partial charge in [-0.1, -0.05) is 55.3 Å². The third-order valence-corrected chi connectivity index (χ3v) is 6.25. The van der Waals surface area contributed by atoms with Crippen LogP contribution in [0.15, 0.2) is 54.9 Å². The highest BCUT2D eigenvalue weighted by molar-refractivity contribution is 5.84. The molecule has 0 saturated heterocycles. The number of aromatic nitrogens is 4. The summed E-state index contributed by atoms with van der Waals surface area (Å²) >= 11 is 0. The second-order valence-corrected chi connectivity index (χ2v) is 8.51. The standard InChI is InChI=1S/C25H30N8/c26-13-14-28-25-31-23(22-24(32-25)33(16-30-22)19-5-1-2-6-19)29-15-17-9-11-18(12-10-17)20-7-3-4-8-21(20)27/h3-4,7-12,16,19H,1-2,5-6,13-15,26-27H2,(H2,28,29,31,32). The number of hydrogen-bond acceptors (Lipinski definition) is 7. The molecule has 0 aliphatic heterocycles. The summed E-state index contributed by atoms with van der Waals surface area (Å²) in [6, 6.07) is 16.8. The van der Waals surface area contributed by atoms with Crippen LogP contribution in [0.4, 0.5) is 17.5 Å².